The molecule has 0 saturated carbocycles. The fourth-order valence-corrected chi connectivity index (χ4v) is 1.11. The third kappa shape index (κ3) is 2.62. The van der Waals surface area contributed by atoms with Gasteiger partial charge in [0.25, 0.3) is 0 Å². The normalized spacial score (nSPS) is 22.7. The standard InChI is InChI=1S/C10H15N/c1-3-11-10-7-5-4-6-9(2)8-10/h4-9,11H,3H2,1-2H3/t9-/m0/s1. The van der Waals surface area contributed by atoms with Crippen LogP contribution in [0.2, 0.25) is 0 Å². The van der Waals surface area contributed by atoms with E-state index in [-0.39, 0.29) is 0 Å². The summed E-state index contributed by atoms with van der Waals surface area (Å²) in [7, 11) is 0. The van der Waals surface area contributed by atoms with Crippen LogP contribution in [0.15, 0.2) is 36.1 Å². The quantitative estimate of drug-likeness (QED) is 0.635. The Morgan fingerprint density at radius 1 is 1.45 bits per heavy atom. The fourth-order valence-electron chi connectivity index (χ4n) is 1.11. The van der Waals surface area contributed by atoms with Gasteiger partial charge < -0.3 is 5.32 Å². The highest BCUT2D eigenvalue weighted by molar-refractivity contribution is 5.26. The third-order valence-electron chi connectivity index (χ3n) is 1.62. The Bertz CT molecular complexity index is 199. The van der Waals surface area contributed by atoms with Gasteiger partial charge >= 0.3 is 0 Å². The first-order chi connectivity index (χ1) is 5.33. The lowest BCUT2D eigenvalue weighted by Gasteiger charge is -2.04. The summed E-state index contributed by atoms with van der Waals surface area (Å²) in [6, 6.07) is 0. The van der Waals surface area contributed by atoms with Gasteiger partial charge in [0, 0.05) is 12.2 Å². The monoisotopic (exact) mass is 149 g/mol. The molecule has 0 spiro atoms. The first kappa shape index (κ1) is 8.12. The molecule has 0 aromatic carbocycles. The minimum Gasteiger partial charge on any atom is -0.386 e. The highest BCUT2D eigenvalue weighted by Gasteiger charge is 1.96. The van der Waals surface area contributed by atoms with Gasteiger partial charge in [0.15, 0.2) is 0 Å². The van der Waals surface area contributed by atoms with E-state index in [1.54, 1.807) is 0 Å². The van der Waals surface area contributed by atoms with Crippen LogP contribution in [-0.2, 0) is 0 Å². The average Bonchev–Trinajstić information content (AvgIpc) is 2.15. The lowest BCUT2D eigenvalue weighted by molar-refractivity contribution is 0.844. The summed E-state index contributed by atoms with van der Waals surface area (Å²) >= 11 is 0. The minimum atomic E-state index is 0.541. The maximum Gasteiger partial charge on any atom is 0.0305 e. The molecule has 0 heterocycles. The van der Waals surface area contributed by atoms with Gasteiger partial charge in [-0.25, -0.2) is 0 Å². The molecule has 0 aliphatic heterocycles. The summed E-state index contributed by atoms with van der Waals surface area (Å²) in [4.78, 5) is 0. The molecule has 1 aliphatic rings. The zero-order valence-corrected chi connectivity index (χ0v) is 7.17. The summed E-state index contributed by atoms with van der Waals surface area (Å²) in [5.41, 5.74) is 1.23. The van der Waals surface area contributed by atoms with Crippen molar-refractivity contribution in [2.24, 2.45) is 5.92 Å². The number of likely N-dealkylation sites (N-methyl/N-ethyl adjacent to an activating group) is 1. The van der Waals surface area contributed by atoms with E-state index in [1.807, 2.05) is 0 Å². The largest absolute Gasteiger partial charge is 0.386 e. The Morgan fingerprint density at radius 3 is 3.00 bits per heavy atom. The molecule has 60 valence electrons. The maximum atomic E-state index is 3.29. The summed E-state index contributed by atoms with van der Waals surface area (Å²) in [5, 5.41) is 3.29. The van der Waals surface area contributed by atoms with Crippen molar-refractivity contribution in [3.05, 3.63) is 36.1 Å². The second-order valence-electron chi connectivity index (χ2n) is 2.76. The second-order valence-corrected chi connectivity index (χ2v) is 2.76. The van der Waals surface area contributed by atoms with Crippen molar-refractivity contribution in [1.82, 2.24) is 5.32 Å². The molecule has 0 bridgehead atoms. The molecule has 1 aliphatic carbocycles. The van der Waals surface area contributed by atoms with Crippen molar-refractivity contribution in [2.75, 3.05) is 6.54 Å². The van der Waals surface area contributed by atoms with Gasteiger partial charge in [-0.05, 0) is 18.9 Å². The van der Waals surface area contributed by atoms with Crippen LogP contribution in [0.4, 0.5) is 0 Å². The third-order valence-corrected chi connectivity index (χ3v) is 1.62. The minimum absolute atomic E-state index is 0.541. The van der Waals surface area contributed by atoms with E-state index in [4.69, 9.17) is 0 Å². The fraction of sp³-hybridized carbons (Fsp3) is 0.400. The summed E-state index contributed by atoms with van der Waals surface area (Å²) in [6.07, 6.45) is 10.7. The number of allylic oxidation sites excluding steroid dienone is 5. The molecular weight excluding hydrogens is 134 g/mol. The predicted octanol–water partition coefficient (Wildman–Crippen LogP) is 2.24. The molecule has 0 amide bonds. The molecule has 1 heteroatoms. The van der Waals surface area contributed by atoms with Gasteiger partial charge in [0.05, 0.1) is 0 Å². The van der Waals surface area contributed by atoms with Crippen molar-refractivity contribution in [3.63, 3.8) is 0 Å². The van der Waals surface area contributed by atoms with E-state index >= 15 is 0 Å². The van der Waals surface area contributed by atoms with Crippen LogP contribution in [0.5, 0.6) is 0 Å². The maximum absolute atomic E-state index is 3.29. The van der Waals surface area contributed by atoms with E-state index < -0.39 is 0 Å². The highest BCUT2D eigenvalue weighted by Crippen LogP contribution is 2.07. The van der Waals surface area contributed by atoms with Crippen LogP contribution < -0.4 is 5.32 Å². The molecule has 0 unspecified atom stereocenters. The number of hydrogen-bond donors (Lipinski definition) is 1. The van der Waals surface area contributed by atoms with Gasteiger partial charge in [-0.2, -0.15) is 0 Å². The molecule has 1 N–H and O–H groups in total. The van der Waals surface area contributed by atoms with E-state index in [0.29, 0.717) is 5.92 Å². The Morgan fingerprint density at radius 2 is 2.27 bits per heavy atom. The van der Waals surface area contributed by atoms with Crippen molar-refractivity contribution in [2.45, 2.75) is 13.8 Å². The molecule has 0 aromatic rings. The second kappa shape index (κ2) is 4.02. The zero-order valence-electron chi connectivity index (χ0n) is 7.17. The molecule has 0 radical (unpaired) electrons. The van der Waals surface area contributed by atoms with E-state index in [1.165, 1.54) is 5.70 Å². The van der Waals surface area contributed by atoms with Crippen molar-refractivity contribution >= 4 is 0 Å². The van der Waals surface area contributed by atoms with E-state index in [9.17, 15) is 0 Å². The van der Waals surface area contributed by atoms with Crippen LogP contribution in [-0.4, -0.2) is 6.54 Å². The number of rotatable bonds is 2. The Labute approximate surface area is 68.5 Å². The molecule has 1 rings (SSSR count). The van der Waals surface area contributed by atoms with Gasteiger partial charge in [-0.15, -0.1) is 0 Å². The Kier molecular flexibility index (Phi) is 2.96. The topological polar surface area (TPSA) is 12.0 Å². The zero-order chi connectivity index (χ0) is 8.10. The molecule has 1 atom stereocenters. The highest BCUT2D eigenvalue weighted by atomic mass is 14.9. The summed E-state index contributed by atoms with van der Waals surface area (Å²) < 4.78 is 0. The van der Waals surface area contributed by atoms with Crippen LogP contribution in [0, 0.1) is 5.92 Å². The van der Waals surface area contributed by atoms with Gasteiger partial charge in [0.2, 0.25) is 0 Å². The Hall–Kier alpha value is -0.980. The van der Waals surface area contributed by atoms with Crippen molar-refractivity contribution in [3.8, 4) is 0 Å². The SMILES string of the molecule is CCNC1=C[C@@H](C)C=CC=C1. The average molecular weight is 149 g/mol. The first-order valence-electron chi connectivity index (χ1n) is 4.13. The van der Waals surface area contributed by atoms with Gasteiger partial charge in [0.1, 0.15) is 0 Å². The molecule has 11 heavy (non-hydrogen) atoms. The Balaban J connectivity index is 2.63. The van der Waals surface area contributed by atoms with Crippen molar-refractivity contribution in [1.29, 1.82) is 0 Å². The first-order valence-corrected chi connectivity index (χ1v) is 4.13. The van der Waals surface area contributed by atoms with Gasteiger partial charge in [-0.3, -0.25) is 0 Å². The van der Waals surface area contributed by atoms with Crippen LogP contribution >= 0.6 is 0 Å². The lowest BCUT2D eigenvalue weighted by Crippen LogP contribution is -2.10. The number of nitrogens with one attached hydrogen (secondary N) is 1. The van der Waals surface area contributed by atoms with Crippen LogP contribution in [0.3, 0.4) is 0 Å². The van der Waals surface area contributed by atoms with Crippen LogP contribution in [0.25, 0.3) is 0 Å². The van der Waals surface area contributed by atoms with Crippen LogP contribution in [0.1, 0.15) is 13.8 Å². The molecular formula is C10H15N. The summed E-state index contributed by atoms with van der Waals surface area (Å²) in [5.74, 6) is 0.541. The van der Waals surface area contributed by atoms with Gasteiger partial charge in [-0.1, -0.05) is 31.2 Å². The molecule has 0 saturated heterocycles. The predicted molar refractivity (Wildman–Crippen MR) is 49.2 cm³/mol. The van der Waals surface area contributed by atoms with Crippen molar-refractivity contribution < 1.29 is 0 Å². The molecule has 1 nitrogen and oxygen atoms in total. The summed E-state index contributed by atoms with van der Waals surface area (Å²) in [6.45, 7) is 5.28. The van der Waals surface area contributed by atoms with E-state index in [0.717, 1.165) is 6.54 Å². The molecule has 0 fully saturated rings. The lowest BCUT2D eigenvalue weighted by atomic mass is 10.1. The smallest absolute Gasteiger partial charge is 0.0305 e. The number of hydrogen-bond acceptors (Lipinski definition) is 1. The van der Waals surface area contributed by atoms with E-state index in [2.05, 4.69) is 49.5 Å². The molecule has 0 aromatic heterocycles.